The van der Waals surface area contributed by atoms with Crippen LogP contribution in [0.2, 0.25) is 0 Å². The molecular weight excluding hydrogens is 444 g/mol. The highest BCUT2D eigenvalue weighted by Gasteiger charge is 2.08. The van der Waals surface area contributed by atoms with Crippen LogP contribution in [0, 0.1) is 0 Å². The number of anilines is 1. The molecule has 8 heteroatoms. The molecule has 0 aliphatic carbocycles. The van der Waals surface area contributed by atoms with E-state index in [0.717, 1.165) is 34.9 Å². The lowest BCUT2D eigenvalue weighted by atomic mass is 10.1. The van der Waals surface area contributed by atoms with Crippen molar-refractivity contribution >= 4 is 49.8 Å². The molecule has 0 saturated carbocycles. The van der Waals surface area contributed by atoms with E-state index < -0.39 is 0 Å². The molecule has 1 amide bonds. The second-order valence-electron chi connectivity index (χ2n) is 6.75. The first-order valence-electron chi connectivity index (χ1n) is 9.88. The Labute approximate surface area is 184 Å². The van der Waals surface area contributed by atoms with E-state index in [0.29, 0.717) is 29.3 Å². The first-order valence-corrected chi connectivity index (χ1v) is 10.7. The highest BCUT2D eigenvalue weighted by molar-refractivity contribution is 9.10. The molecule has 0 unspecified atom stereocenters. The molecule has 156 valence electrons. The Morgan fingerprint density at radius 3 is 2.57 bits per heavy atom. The number of likely N-dealkylation sites (N-methyl/N-ethyl adjacent to an activating group) is 1. The van der Waals surface area contributed by atoms with Gasteiger partial charge in [0.2, 0.25) is 0 Å². The number of hydrogen-bond acceptors (Lipinski definition) is 6. The third-order valence-corrected chi connectivity index (χ3v) is 5.35. The van der Waals surface area contributed by atoms with Crippen LogP contribution in [0.5, 0.6) is 0 Å². The molecule has 3 N–H and O–H groups in total. The summed E-state index contributed by atoms with van der Waals surface area (Å²) in [6.45, 7) is 7.62. The van der Waals surface area contributed by atoms with Crippen LogP contribution in [0.3, 0.4) is 0 Å². The Hall–Kier alpha value is -2.84. The van der Waals surface area contributed by atoms with Crippen LogP contribution in [-0.4, -0.2) is 42.0 Å². The Morgan fingerprint density at radius 1 is 1.13 bits per heavy atom. The minimum Gasteiger partial charge on any atom is -0.382 e. The Morgan fingerprint density at radius 2 is 1.87 bits per heavy atom. The van der Waals surface area contributed by atoms with Gasteiger partial charge in [-0.15, -0.1) is 5.11 Å². The fraction of sp³-hybridized carbons (Fsp3) is 0.273. The van der Waals surface area contributed by atoms with Crippen molar-refractivity contribution in [2.75, 3.05) is 31.9 Å². The van der Waals surface area contributed by atoms with E-state index in [-0.39, 0.29) is 5.91 Å². The molecule has 30 heavy (non-hydrogen) atoms. The van der Waals surface area contributed by atoms with E-state index >= 15 is 0 Å². The highest BCUT2D eigenvalue weighted by Crippen LogP contribution is 2.33. The Balaban J connectivity index is 1.70. The largest absolute Gasteiger partial charge is 0.382 e. The van der Waals surface area contributed by atoms with Gasteiger partial charge >= 0.3 is 0 Å². The van der Waals surface area contributed by atoms with E-state index in [2.05, 4.69) is 55.2 Å². The molecule has 0 atom stereocenters. The summed E-state index contributed by atoms with van der Waals surface area (Å²) in [5.41, 5.74) is 7.75. The number of hydrogen-bond donors (Lipinski definition) is 2. The molecule has 7 nitrogen and oxygen atoms in total. The van der Waals surface area contributed by atoms with Gasteiger partial charge in [0.15, 0.2) is 5.82 Å². The zero-order valence-electron chi connectivity index (χ0n) is 17.1. The van der Waals surface area contributed by atoms with E-state index in [1.54, 1.807) is 30.5 Å². The maximum absolute atomic E-state index is 12.3. The molecule has 0 spiro atoms. The van der Waals surface area contributed by atoms with Gasteiger partial charge in [0.25, 0.3) is 5.91 Å². The number of azo groups is 1. The number of rotatable bonds is 8. The van der Waals surface area contributed by atoms with Crippen LogP contribution in [-0.2, 0) is 0 Å². The van der Waals surface area contributed by atoms with Crippen molar-refractivity contribution in [3.05, 3.63) is 58.7 Å². The average molecular weight is 469 g/mol. The number of aromatic nitrogens is 1. The first-order chi connectivity index (χ1) is 14.5. The van der Waals surface area contributed by atoms with Crippen molar-refractivity contribution in [3.8, 4) is 0 Å². The highest BCUT2D eigenvalue weighted by atomic mass is 79.9. The zero-order valence-corrected chi connectivity index (χ0v) is 18.7. The summed E-state index contributed by atoms with van der Waals surface area (Å²) in [6.07, 6.45) is 1.71. The fourth-order valence-electron chi connectivity index (χ4n) is 3.05. The molecule has 3 aromatic rings. The van der Waals surface area contributed by atoms with Crippen LogP contribution in [0.4, 0.5) is 17.2 Å². The predicted molar refractivity (Wildman–Crippen MR) is 125 cm³/mol. The number of carbonyl (C=O) groups is 1. The van der Waals surface area contributed by atoms with E-state index in [1.807, 2.05) is 18.2 Å². The summed E-state index contributed by atoms with van der Waals surface area (Å²) in [5, 5.41) is 13.3. The standard InChI is InChI=1S/C22H25BrN6O/c1-3-29(4-2)12-11-25-22(30)15-6-9-18(10-7-15)27-28-20-19-13-17(23)8-5-16(19)14-26-21(20)24/h5-10,13-14H,3-4,11-12H2,1-2H3,(H2,24,26)(H,25,30). The summed E-state index contributed by atoms with van der Waals surface area (Å²) < 4.78 is 0.924. The van der Waals surface area contributed by atoms with Crippen LogP contribution in [0.1, 0.15) is 24.2 Å². The number of nitrogens with one attached hydrogen (secondary N) is 1. The number of pyridine rings is 1. The number of amides is 1. The second kappa shape index (κ2) is 10.3. The number of nitrogen functional groups attached to an aromatic ring is 1. The van der Waals surface area contributed by atoms with Gasteiger partial charge in [-0.25, -0.2) is 4.98 Å². The lowest BCUT2D eigenvalue weighted by molar-refractivity contribution is 0.0949. The van der Waals surface area contributed by atoms with Gasteiger partial charge in [0.1, 0.15) is 5.69 Å². The lowest BCUT2D eigenvalue weighted by Gasteiger charge is -2.17. The summed E-state index contributed by atoms with van der Waals surface area (Å²) in [5.74, 6) is 0.214. The van der Waals surface area contributed by atoms with Crippen molar-refractivity contribution in [2.24, 2.45) is 10.2 Å². The average Bonchev–Trinajstić information content (AvgIpc) is 2.76. The number of nitrogens with two attached hydrogens (primary N) is 1. The summed E-state index contributed by atoms with van der Waals surface area (Å²) in [4.78, 5) is 18.8. The zero-order chi connectivity index (χ0) is 21.5. The van der Waals surface area contributed by atoms with Gasteiger partial charge in [-0.3, -0.25) is 4.79 Å². The molecule has 0 fully saturated rings. The third kappa shape index (κ3) is 5.40. The predicted octanol–water partition coefficient (Wildman–Crippen LogP) is 5.07. The number of carbonyl (C=O) groups excluding carboxylic acids is 1. The molecule has 3 rings (SSSR count). The van der Waals surface area contributed by atoms with Gasteiger partial charge in [0.05, 0.1) is 5.69 Å². The molecule has 0 aliphatic heterocycles. The van der Waals surface area contributed by atoms with Crippen molar-refractivity contribution in [1.82, 2.24) is 15.2 Å². The van der Waals surface area contributed by atoms with Crippen molar-refractivity contribution in [3.63, 3.8) is 0 Å². The molecule has 0 saturated heterocycles. The molecular formula is C22H25BrN6O. The maximum atomic E-state index is 12.3. The molecule has 0 bridgehead atoms. The topological polar surface area (TPSA) is 96.0 Å². The Bertz CT molecular complexity index is 1040. The van der Waals surface area contributed by atoms with Gasteiger partial charge in [-0.1, -0.05) is 35.8 Å². The van der Waals surface area contributed by atoms with Gasteiger partial charge in [0, 0.05) is 40.1 Å². The van der Waals surface area contributed by atoms with Crippen LogP contribution >= 0.6 is 15.9 Å². The molecule has 1 heterocycles. The van der Waals surface area contributed by atoms with Gasteiger partial charge in [-0.2, -0.15) is 5.11 Å². The van der Waals surface area contributed by atoms with Crippen LogP contribution in [0.25, 0.3) is 10.8 Å². The van der Waals surface area contributed by atoms with Crippen LogP contribution in [0.15, 0.2) is 63.4 Å². The SMILES string of the molecule is CCN(CC)CCNC(=O)c1ccc(N=Nc2c(N)ncc3ccc(Br)cc23)cc1. The smallest absolute Gasteiger partial charge is 0.251 e. The van der Waals surface area contributed by atoms with Crippen LogP contribution < -0.4 is 11.1 Å². The van der Waals surface area contributed by atoms with Gasteiger partial charge < -0.3 is 16.0 Å². The fourth-order valence-corrected chi connectivity index (χ4v) is 3.41. The normalized spacial score (nSPS) is 11.5. The second-order valence-corrected chi connectivity index (χ2v) is 7.67. The summed E-state index contributed by atoms with van der Waals surface area (Å²) in [7, 11) is 0. The van der Waals surface area contributed by atoms with E-state index in [1.165, 1.54) is 0 Å². The number of halogens is 1. The van der Waals surface area contributed by atoms with Crippen molar-refractivity contribution < 1.29 is 4.79 Å². The third-order valence-electron chi connectivity index (χ3n) is 4.86. The minimum atomic E-state index is -0.0991. The summed E-state index contributed by atoms with van der Waals surface area (Å²) in [6, 6.07) is 12.8. The maximum Gasteiger partial charge on any atom is 0.251 e. The lowest BCUT2D eigenvalue weighted by Crippen LogP contribution is -2.34. The molecule has 0 radical (unpaired) electrons. The van der Waals surface area contributed by atoms with E-state index in [4.69, 9.17) is 5.73 Å². The molecule has 0 aliphatic rings. The molecule has 2 aromatic carbocycles. The minimum absolute atomic E-state index is 0.0991. The number of nitrogens with zero attached hydrogens (tertiary/aromatic N) is 4. The van der Waals surface area contributed by atoms with Gasteiger partial charge in [-0.05, 0) is 49.5 Å². The van der Waals surface area contributed by atoms with E-state index in [9.17, 15) is 4.79 Å². The monoisotopic (exact) mass is 468 g/mol. The van der Waals surface area contributed by atoms with Crippen molar-refractivity contribution in [1.29, 1.82) is 0 Å². The Kier molecular flexibility index (Phi) is 7.48. The summed E-state index contributed by atoms with van der Waals surface area (Å²) >= 11 is 3.47. The number of fused-ring (bicyclic) bond motifs is 1. The quantitative estimate of drug-likeness (QED) is 0.451. The molecule has 1 aromatic heterocycles. The first kappa shape index (κ1) is 21.9. The van der Waals surface area contributed by atoms with Crippen molar-refractivity contribution in [2.45, 2.75) is 13.8 Å². The number of benzene rings is 2.